The minimum absolute atomic E-state index is 0.0209. The number of carboxylic acids is 1. The average molecular weight is 368 g/mol. The van der Waals surface area contributed by atoms with Gasteiger partial charge in [0.05, 0.1) is 6.42 Å². The molecule has 2 aromatic rings. The maximum absolute atomic E-state index is 12.2. The molecule has 2 amide bonds. The number of aliphatic carboxylic acids is 1. The van der Waals surface area contributed by atoms with E-state index < -0.39 is 5.97 Å². The number of benzene rings is 2. The van der Waals surface area contributed by atoms with Crippen LogP contribution in [0.4, 0.5) is 0 Å². The van der Waals surface area contributed by atoms with Gasteiger partial charge in [-0.05, 0) is 29.7 Å². The number of nitrogens with zero attached hydrogens (tertiary/aromatic N) is 1. The first-order chi connectivity index (χ1) is 13.0. The lowest BCUT2D eigenvalue weighted by atomic mass is 10.1. The van der Waals surface area contributed by atoms with E-state index in [0.29, 0.717) is 24.9 Å². The van der Waals surface area contributed by atoms with Crippen LogP contribution in [0, 0.1) is 0 Å². The Hall–Kier alpha value is -3.15. The van der Waals surface area contributed by atoms with E-state index in [9.17, 15) is 14.4 Å². The van der Waals surface area contributed by atoms with Gasteiger partial charge in [0.15, 0.2) is 0 Å². The normalized spacial score (nSPS) is 10.3. The third-order valence-electron chi connectivity index (χ3n) is 4.18. The lowest BCUT2D eigenvalue weighted by Gasteiger charge is -2.16. The van der Waals surface area contributed by atoms with Crippen LogP contribution in [0.25, 0.3) is 0 Å². The number of rotatable bonds is 9. The summed E-state index contributed by atoms with van der Waals surface area (Å²) in [5.74, 6) is -1.19. The minimum atomic E-state index is -0.937. The van der Waals surface area contributed by atoms with Crippen molar-refractivity contribution in [2.24, 2.45) is 0 Å². The fourth-order valence-electron chi connectivity index (χ4n) is 2.54. The molecule has 142 valence electrons. The van der Waals surface area contributed by atoms with Gasteiger partial charge >= 0.3 is 5.97 Å². The third-order valence-corrected chi connectivity index (χ3v) is 4.18. The number of nitrogens with one attached hydrogen (secondary N) is 1. The van der Waals surface area contributed by atoms with Crippen molar-refractivity contribution in [3.63, 3.8) is 0 Å². The van der Waals surface area contributed by atoms with Gasteiger partial charge in [0.25, 0.3) is 5.91 Å². The largest absolute Gasteiger partial charge is 0.481 e. The number of hydrogen-bond acceptors (Lipinski definition) is 3. The molecular formula is C21H24N2O4. The Morgan fingerprint density at radius 1 is 0.926 bits per heavy atom. The quantitative estimate of drug-likeness (QED) is 0.712. The molecule has 0 saturated carbocycles. The molecule has 0 aromatic heterocycles. The monoisotopic (exact) mass is 368 g/mol. The molecule has 0 saturated heterocycles. The first-order valence-electron chi connectivity index (χ1n) is 8.82. The highest BCUT2D eigenvalue weighted by Gasteiger charge is 2.12. The van der Waals surface area contributed by atoms with E-state index in [1.165, 1.54) is 4.90 Å². The summed E-state index contributed by atoms with van der Waals surface area (Å²) in [6.07, 6.45) is 1.03. The lowest BCUT2D eigenvalue weighted by molar-refractivity contribution is -0.137. The number of carboxylic acid groups (broad SMARTS) is 1. The highest BCUT2D eigenvalue weighted by atomic mass is 16.4. The Kier molecular flexibility index (Phi) is 7.55. The van der Waals surface area contributed by atoms with Crippen molar-refractivity contribution in [2.45, 2.75) is 25.8 Å². The van der Waals surface area contributed by atoms with Crippen LogP contribution in [0.15, 0.2) is 54.6 Å². The number of carbonyl (C=O) groups excluding carboxylic acids is 2. The second-order valence-corrected chi connectivity index (χ2v) is 6.33. The van der Waals surface area contributed by atoms with E-state index in [1.807, 2.05) is 30.3 Å². The molecule has 0 bridgehead atoms. The van der Waals surface area contributed by atoms with Crippen LogP contribution in [0.5, 0.6) is 0 Å². The smallest absolute Gasteiger partial charge is 0.305 e. The summed E-state index contributed by atoms with van der Waals surface area (Å²) in [5, 5.41) is 11.6. The number of aryl methyl sites for hydroxylation is 1. The van der Waals surface area contributed by atoms with E-state index in [2.05, 4.69) is 5.32 Å². The second kappa shape index (κ2) is 10.1. The molecule has 0 aliphatic rings. The molecule has 0 radical (unpaired) electrons. The molecule has 6 nitrogen and oxygen atoms in total. The minimum Gasteiger partial charge on any atom is -0.481 e. The van der Waals surface area contributed by atoms with Gasteiger partial charge in [0.2, 0.25) is 5.91 Å². The van der Waals surface area contributed by atoms with Crippen LogP contribution in [-0.2, 0) is 22.6 Å². The van der Waals surface area contributed by atoms with Crippen LogP contribution >= 0.6 is 0 Å². The summed E-state index contributed by atoms with van der Waals surface area (Å²) in [6, 6.07) is 16.8. The second-order valence-electron chi connectivity index (χ2n) is 6.33. The molecule has 2 N–H and O–H groups in total. The third kappa shape index (κ3) is 6.93. The van der Waals surface area contributed by atoms with Gasteiger partial charge in [-0.15, -0.1) is 0 Å². The first kappa shape index (κ1) is 20.2. The van der Waals surface area contributed by atoms with Gasteiger partial charge in [-0.2, -0.15) is 0 Å². The molecule has 6 heteroatoms. The lowest BCUT2D eigenvalue weighted by Crippen LogP contribution is -2.29. The summed E-state index contributed by atoms with van der Waals surface area (Å²) in [6.45, 7) is 0.560. The van der Waals surface area contributed by atoms with Crippen molar-refractivity contribution in [2.75, 3.05) is 13.6 Å². The van der Waals surface area contributed by atoms with Gasteiger partial charge in [0, 0.05) is 32.1 Å². The van der Waals surface area contributed by atoms with Crippen molar-refractivity contribution < 1.29 is 19.5 Å². The Morgan fingerprint density at radius 2 is 1.59 bits per heavy atom. The van der Waals surface area contributed by atoms with Crippen molar-refractivity contribution in [3.8, 4) is 0 Å². The first-order valence-corrected chi connectivity index (χ1v) is 8.82. The summed E-state index contributed by atoms with van der Waals surface area (Å²) in [4.78, 5) is 36.2. The molecule has 0 heterocycles. The van der Waals surface area contributed by atoms with Gasteiger partial charge in [-0.25, -0.2) is 0 Å². The van der Waals surface area contributed by atoms with Crippen LogP contribution in [0.3, 0.4) is 0 Å². The molecule has 0 unspecified atom stereocenters. The van der Waals surface area contributed by atoms with Gasteiger partial charge in [-0.3, -0.25) is 14.4 Å². The predicted molar refractivity (Wildman–Crippen MR) is 102 cm³/mol. The fourth-order valence-corrected chi connectivity index (χ4v) is 2.54. The highest BCUT2D eigenvalue weighted by molar-refractivity contribution is 5.94. The topological polar surface area (TPSA) is 86.7 Å². The van der Waals surface area contributed by atoms with Crippen LogP contribution in [0.2, 0.25) is 0 Å². The zero-order valence-electron chi connectivity index (χ0n) is 15.4. The van der Waals surface area contributed by atoms with Crippen molar-refractivity contribution >= 4 is 17.8 Å². The Bertz CT molecular complexity index is 773. The van der Waals surface area contributed by atoms with Crippen molar-refractivity contribution in [1.82, 2.24) is 10.2 Å². The number of hydrogen-bond donors (Lipinski definition) is 2. The molecule has 2 aromatic carbocycles. The van der Waals surface area contributed by atoms with Crippen LogP contribution in [-0.4, -0.2) is 41.4 Å². The number of amides is 2. The highest BCUT2D eigenvalue weighted by Crippen LogP contribution is 2.08. The summed E-state index contributed by atoms with van der Waals surface area (Å²) < 4.78 is 0. The molecular weight excluding hydrogens is 344 g/mol. The van der Waals surface area contributed by atoms with Crippen LogP contribution in [0.1, 0.15) is 34.3 Å². The predicted octanol–water partition coefficient (Wildman–Crippen LogP) is 2.48. The molecule has 0 aliphatic carbocycles. The molecule has 0 atom stereocenters. The SMILES string of the molecule is CN(CCC(=O)O)C(=O)c1ccc(CNC(=O)CCc2ccccc2)cc1. The standard InChI is InChI=1S/C21H24N2O4/c1-23(14-13-20(25)26)21(27)18-10-7-17(8-11-18)15-22-19(24)12-9-16-5-3-2-4-6-16/h2-8,10-11H,9,12-15H2,1H3,(H,22,24)(H,25,26). The van der Waals surface area contributed by atoms with Crippen molar-refractivity contribution in [1.29, 1.82) is 0 Å². The van der Waals surface area contributed by atoms with Gasteiger partial charge < -0.3 is 15.3 Å². The van der Waals surface area contributed by atoms with Crippen molar-refractivity contribution in [3.05, 3.63) is 71.3 Å². The van der Waals surface area contributed by atoms with E-state index in [1.54, 1.807) is 31.3 Å². The summed E-state index contributed by atoms with van der Waals surface area (Å²) in [7, 11) is 1.58. The van der Waals surface area contributed by atoms with E-state index in [0.717, 1.165) is 11.1 Å². The average Bonchev–Trinajstić information content (AvgIpc) is 2.69. The fraction of sp³-hybridized carbons (Fsp3) is 0.286. The maximum atomic E-state index is 12.2. The summed E-state index contributed by atoms with van der Waals surface area (Å²) >= 11 is 0. The van der Waals surface area contributed by atoms with Gasteiger partial charge in [-0.1, -0.05) is 42.5 Å². The Balaban J connectivity index is 1.78. The maximum Gasteiger partial charge on any atom is 0.305 e. The van der Waals surface area contributed by atoms with E-state index >= 15 is 0 Å². The molecule has 27 heavy (non-hydrogen) atoms. The Labute approximate surface area is 158 Å². The molecule has 0 spiro atoms. The molecule has 2 rings (SSSR count). The van der Waals surface area contributed by atoms with E-state index in [-0.39, 0.29) is 24.8 Å². The van der Waals surface area contributed by atoms with E-state index in [4.69, 9.17) is 5.11 Å². The molecule has 0 fully saturated rings. The van der Waals surface area contributed by atoms with Gasteiger partial charge in [0.1, 0.15) is 0 Å². The Morgan fingerprint density at radius 3 is 2.22 bits per heavy atom. The summed E-state index contributed by atoms with van der Waals surface area (Å²) in [5.41, 5.74) is 2.51. The van der Waals surface area contributed by atoms with Crippen LogP contribution < -0.4 is 5.32 Å². The zero-order valence-corrected chi connectivity index (χ0v) is 15.4. The zero-order chi connectivity index (χ0) is 19.6. The number of carbonyl (C=O) groups is 3. The molecule has 0 aliphatic heterocycles.